The van der Waals surface area contributed by atoms with E-state index in [-0.39, 0.29) is 0 Å². The van der Waals surface area contributed by atoms with Crippen LogP contribution in [0.25, 0.3) is 0 Å². The summed E-state index contributed by atoms with van der Waals surface area (Å²) in [5, 5.41) is 1.22. The zero-order chi connectivity index (χ0) is 15.3. The number of benzene rings is 1. The van der Waals surface area contributed by atoms with Crippen LogP contribution in [0.5, 0.6) is 0 Å². The summed E-state index contributed by atoms with van der Waals surface area (Å²) in [7, 11) is 1.36. The van der Waals surface area contributed by atoms with Gasteiger partial charge in [0.1, 0.15) is 0 Å². The molecule has 1 aromatic carbocycles. The number of hydrogen-bond donors (Lipinski definition) is 0. The third-order valence-electron chi connectivity index (χ3n) is 3.30. The van der Waals surface area contributed by atoms with Crippen LogP contribution in [0.15, 0.2) is 30.3 Å². The molecule has 0 aromatic heterocycles. The molecule has 4 nitrogen and oxygen atoms in total. The van der Waals surface area contributed by atoms with Gasteiger partial charge in [-0.05, 0) is 18.6 Å². The molecule has 0 bridgehead atoms. The van der Waals surface area contributed by atoms with Gasteiger partial charge in [-0.15, -0.1) is 0 Å². The number of unbranched alkanes of at least 4 members (excludes halogenated alkanes) is 6. The average Bonchev–Trinajstić information content (AvgIpc) is 2.53. The highest BCUT2D eigenvalue weighted by Gasteiger charge is 2.16. The lowest BCUT2D eigenvalue weighted by Crippen LogP contribution is -2.31. The van der Waals surface area contributed by atoms with Gasteiger partial charge < -0.3 is 4.74 Å². The molecule has 1 rings (SSSR count). The van der Waals surface area contributed by atoms with Gasteiger partial charge >= 0.3 is 6.09 Å². The van der Waals surface area contributed by atoms with Crippen LogP contribution in [0.3, 0.4) is 0 Å². The monoisotopic (exact) mass is 293 g/mol. The van der Waals surface area contributed by atoms with Gasteiger partial charge in [0.25, 0.3) is 0 Å². The van der Waals surface area contributed by atoms with Crippen LogP contribution in [0, 0.1) is 0 Å². The number of carbonyl (C=O) groups excluding carboxylic acids is 1. The van der Waals surface area contributed by atoms with Gasteiger partial charge in [0.15, 0.2) is 0 Å². The number of nitrogens with zero attached hydrogens (tertiary/aromatic N) is 1. The predicted molar refractivity (Wildman–Crippen MR) is 85.3 cm³/mol. The van der Waals surface area contributed by atoms with Crippen LogP contribution < -0.4 is 5.06 Å². The first kappa shape index (κ1) is 17.5. The third-order valence-corrected chi connectivity index (χ3v) is 3.30. The van der Waals surface area contributed by atoms with Crippen molar-refractivity contribution in [3.05, 3.63) is 30.3 Å². The van der Waals surface area contributed by atoms with Crippen LogP contribution >= 0.6 is 0 Å². The second-order valence-electron chi connectivity index (χ2n) is 5.05. The number of methoxy groups -OCH3 is 1. The maximum atomic E-state index is 11.7. The summed E-state index contributed by atoms with van der Waals surface area (Å²) >= 11 is 0. The molecular formula is C17H27NO3. The molecule has 21 heavy (non-hydrogen) atoms. The van der Waals surface area contributed by atoms with Gasteiger partial charge in [-0.1, -0.05) is 63.6 Å². The van der Waals surface area contributed by atoms with E-state index in [9.17, 15) is 4.79 Å². The molecule has 0 saturated heterocycles. The zero-order valence-electron chi connectivity index (χ0n) is 13.2. The number of amides is 1. The molecule has 1 aromatic rings. The summed E-state index contributed by atoms with van der Waals surface area (Å²) in [5.41, 5.74) is 0.687. The Morgan fingerprint density at radius 2 is 1.62 bits per heavy atom. The summed E-state index contributed by atoms with van der Waals surface area (Å²) in [4.78, 5) is 17.3. The van der Waals surface area contributed by atoms with Gasteiger partial charge in [-0.2, -0.15) is 5.06 Å². The molecular weight excluding hydrogens is 266 g/mol. The Morgan fingerprint density at radius 1 is 1.00 bits per heavy atom. The third kappa shape index (κ3) is 7.14. The van der Waals surface area contributed by atoms with E-state index in [2.05, 4.69) is 6.92 Å². The fraction of sp³-hybridized carbons (Fsp3) is 0.588. The summed E-state index contributed by atoms with van der Waals surface area (Å²) in [5.74, 6) is 0. The molecule has 0 heterocycles. The second-order valence-corrected chi connectivity index (χ2v) is 5.05. The maximum Gasteiger partial charge on any atom is 0.438 e. The molecule has 0 aliphatic rings. The van der Waals surface area contributed by atoms with Crippen LogP contribution in [0.4, 0.5) is 10.5 Å². The zero-order valence-corrected chi connectivity index (χ0v) is 13.2. The van der Waals surface area contributed by atoms with Gasteiger partial charge in [0.2, 0.25) is 0 Å². The van der Waals surface area contributed by atoms with Crippen LogP contribution in [0.1, 0.15) is 51.9 Å². The second kappa shape index (κ2) is 11.1. The van der Waals surface area contributed by atoms with Crippen molar-refractivity contribution in [1.82, 2.24) is 0 Å². The highest BCUT2D eigenvalue weighted by Crippen LogP contribution is 2.15. The molecule has 0 unspecified atom stereocenters. The molecule has 0 radical (unpaired) electrons. The summed E-state index contributed by atoms with van der Waals surface area (Å²) in [6.07, 6.45) is 8.01. The first-order valence-electron chi connectivity index (χ1n) is 7.85. The SMILES string of the molecule is CCCCCCCCCON(C(=O)OC)c1ccccc1. The molecule has 118 valence electrons. The molecule has 0 N–H and O–H groups in total. The Bertz CT molecular complexity index is 381. The first-order valence-corrected chi connectivity index (χ1v) is 7.85. The molecule has 0 spiro atoms. The quantitative estimate of drug-likeness (QED) is 0.453. The Balaban J connectivity index is 2.27. The van der Waals surface area contributed by atoms with E-state index in [1.54, 1.807) is 0 Å². The molecule has 0 atom stereocenters. The van der Waals surface area contributed by atoms with E-state index >= 15 is 0 Å². The van der Waals surface area contributed by atoms with E-state index < -0.39 is 6.09 Å². The molecule has 0 aliphatic carbocycles. The standard InChI is InChI=1S/C17H27NO3/c1-3-4-5-6-7-8-12-15-21-18(17(19)20-2)16-13-10-9-11-14-16/h9-11,13-14H,3-8,12,15H2,1-2H3. The van der Waals surface area contributed by atoms with Gasteiger partial charge in [-0.25, -0.2) is 4.79 Å². The van der Waals surface area contributed by atoms with Crippen molar-refractivity contribution in [2.24, 2.45) is 0 Å². The topological polar surface area (TPSA) is 38.8 Å². The lowest BCUT2D eigenvalue weighted by Gasteiger charge is -2.20. The largest absolute Gasteiger partial charge is 0.451 e. The highest BCUT2D eigenvalue weighted by atomic mass is 16.7. The molecule has 0 fully saturated rings. The van der Waals surface area contributed by atoms with Crippen molar-refractivity contribution in [3.63, 3.8) is 0 Å². The van der Waals surface area contributed by atoms with E-state index in [4.69, 9.17) is 9.57 Å². The number of hydrogen-bond acceptors (Lipinski definition) is 3. The Hall–Kier alpha value is -1.55. The van der Waals surface area contributed by atoms with E-state index in [1.165, 1.54) is 44.3 Å². The van der Waals surface area contributed by atoms with Crippen molar-refractivity contribution >= 4 is 11.8 Å². The number of carbonyl (C=O) groups is 1. The van der Waals surface area contributed by atoms with Gasteiger partial charge in [0.05, 0.1) is 19.4 Å². The smallest absolute Gasteiger partial charge is 0.438 e. The first-order chi connectivity index (χ1) is 10.3. The Labute approximate surface area is 128 Å². The molecule has 4 heteroatoms. The minimum atomic E-state index is -0.496. The minimum Gasteiger partial charge on any atom is -0.451 e. The van der Waals surface area contributed by atoms with Gasteiger partial charge in [0, 0.05) is 0 Å². The lowest BCUT2D eigenvalue weighted by molar-refractivity contribution is 0.0830. The molecule has 0 saturated carbocycles. The van der Waals surface area contributed by atoms with E-state index in [0.29, 0.717) is 12.3 Å². The number of ether oxygens (including phenoxy) is 1. The summed E-state index contributed by atoms with van der Waals surface area (Å²) < 4.78 is 4.75. The fourth-order valence-corrected chi connectivity index (χ4v) is 2.09. The normalized spacial score (nSPS) is 10.4. The van der Waals surface area contributed by atoms with Crippen molar-refractivity contribution in [1.29, 1.82) is 0 Å². The molecule has 0 aliphatic heterocycles. The number of anilines is 1. The van der Waals surface area contributed by atoms with E-state index in [0.717, 1.165) is 12.8 Å². The van der Waals surface area contributed by atoms with Crippen molar-refractivity contribution in [3.8, 4) is 0 Å². The van der Waals surface area contributed by atoms with Crippen LogP contribution in [-0.4, -0.2) is 19.8 Å². The number of hydroxylamine groups is 1. The highest BCUT2D eigenvalue weighted by molar-refractivity contribution is 5.85. The molecule has 1 amide bonds. The Kier molecular flexibility index (Phi) is 9.29. The summed E-state index contributed by atoms with van der Waals surface area (Å²) in [6.45, 7) is 2.75. The van der Waals surface area contributed by atoms with Crippen LogP contribution in [-0.2, 0) is 9.57 Å². The maximum absolute atomic E-state index is 11.7. The number of para-hydroxylation sites is 1. The van der Waals surface area contributed by atoms with Gasteiger partial charge in [-0.3, -0.25) is 4.84 Å². The van der Waals surface area contributed by atoms with Crippen LogP contribution in [0.2, 0.25) is 0 Å². The van der Waals surface area contributed by atoms with Crippen molar-refractivity contribution < 1.29 is 14.4 Å². The predicted octanol–water partition coefficient (Wildman–Crippen LogP) is 4.94. The lowest BCUT2D eigenvalue weighted by atomic mass is 10.1. The average molecular weight is 293 g/mol. The van der Waals surface area contributed by atoms with E-state index in [1.807, 2.05) is 30.3 Å². The number of rotatable bonds is 10. The van der Waals surface area contributed by atoms with Crippen molar-refractivity contribution in [2.45, 2.75) is 51.9 Å². The fourth-order valence-electron chi connectivity index (χ4n) is 2.09. The summed E-state index contributed by atoms with van der Waals surface area (Å²) in [6, 6.07) is 9.27. The van der Waals surface area contributed by atoms with Crippen molar-refractivity contribution in [2.75, 3.05) is 18.8 Å². The minimum absolute atomic E-state index is 0.496. The Morgan fingerprint density at radius 3 is 2.24 bits per heavy atom.